The van der Waals surface area contributed by atoms with E-state index in [1.807, 2.05) is 46.8 Å². The number of hydrogen-bond donors (Lipinski definition) is 7. The number of phenols is 4. The molecule has 1 saturated heterocycles. The summed E-state index contributed by atoms with van der Waals surface area (Å²) in [6, 6.07) is 7.64. The lowest BCUT2D eigenvalue weighted by atomic mass is 9.60. The Balaban J connectivity index is 0.000000270. The van der Waals surface area contributed by atoms with Crippen LogP contribution in [0.25, 0.3) is 28.4 Å². The van der Waals surface area contributed by atoms with Crippen molar-refractivity contribution in [3.05, 3.63) is 116 Å². The van der Waals surface area contributed by atoms with Crippen LogP contribution in [0.2, 0.25) is 0 Å². The Kier molecular flexibility index (Phi) is 12.7. The molecule has 68 heavy (non-hydrogen) atoms. The first-order valence-corrected chi connectivity index (χ1v) is 22.2. The lowest BCUT2D eigenvalue weighted by Crippen LogP contribution is -2.66. The number of hydrogen-bond acceptors (Lipinski definition) is 13. The van der Waals surface area contributed by atoms with Crippen LogP contribution in [0.3, 0.4) is 0 Å². The number of ketones is 1. The van der Waals surface area contributed by atoms with Crippen LogP contribution in [0.5, 0.6) is 40.2 Å². The number of carboxylic acids is 2. The normalized spacial score (nSPS) is 23.0. The molecule has 0 radical (unpaired) electrons. The van der Waals surface area contributed by atoms with Crippen molar-refractivity contribution >= 4 is 34.8 Å². The smallest absolute Gasteiger partial charge is 0.340 e. The number of aliphatic carboxylic acids is 2. The predicted molar refractivity (Wildman–Crippen MR) is 253 cm³/mol. The van der Waals surface area contributed by atoms with E-state index in [1.54, 1.807) is 26.0 Å². The third-order valence-corrected chi connectivity index (χ3v) is 13.1. The summed E-state index contributed by atoms with van der Waals surface area (Å²) in [5, 5.41) is 70.7. The van der Waals surface area contributed by atoms with Crippen molar-refractivity contribution in [2.75, 3.05) is 0 Å². The molecule has 7 N–H and O–H groups in total. The van der Waals surface area contributed by atoms with Gasteiger partial charge < -0.3 is 54.4 Å². The van der Waals surface area contributed by atoms with Crippen LogP contribution in [0, 0.1) is 5.92 Å². The van der Waals surface area contributed by atoms with Gasteiger partial charge in [-0.05, 0) is 130 Å². The number of phenolic OH excluding ortho intramolecular Hbond substituents is 4. The van der Waals surface area contributed by atoms with Gasteiger partial charge in [-0.1, -0.05) is 35.5 Å². The summed E-state index contributed by atoms with van der Waals surface area (Å²) in [7, 11) is 0. The summed E-state index contributed by atoms with van der Waals surface area (Å²) in [5.41, 5.74) is -3.01. The van der Waals surface area contributed by atoms with E-state index in [9.17, 15) is 54.9 Å². The molecule has 0 bridgehead atoms. The highest BCUT2D eigenvalue weighted by Crippen LogP contribution is 2.64. The molecule has 15 heteroatoms. The van der Waals surface area contributed by atoms with Gasteiger partial charge in [0.2, 0.25) is 16.8 Å². The Morgan fingerprint density at radius 1 is 0.824 bits per heavy atom. The van der Waals surface area contributed by atoms with Crippen LogP contribution < -0.4 is 14.9 Å². The minimum atomic E-state index is -2.16. The largest absolute Gasteiger partial charge is 0.508 e. The quantitative estimate of drug-likeness (QED) is 0.0444. The second kappa shape index (κ2) is 17.8. The molecule has 1 spiro atoms. The summed E-state index contributed by atoms with van der Waals surface area (Å²) in [4.78, 5) is 52.1. The molecule has 0 amide bonds. The molecule has 4 aliphatic rings. The zero-order valence-electron chi connectivity index (χ0n) is 39.1. The zero-order chi connectivity index (χ0) is 49.8. The first-order chi connectivity index (χ1) is 31.9. The lowest BCUT2D eigenvalue weighted by Gasteiger charge is -2.50. The number of carbonyl (C=O) groups excluding carboxylic acids is 1. The van der Waals surface area contributed by atoms with Crippen LogP contribution in [0.4, 0.5) is 0 Å². The molecule has 3 aliphatic heterocycles. The number of carbonyl (C=O) groups is 3. The molecule has 358 valence electrons. The Morgan fingerprint density at radius 3 is 2.18 bits per heavy atom. The topological polar surface area (TPSA) is 251 Å². The average molecular weight is 933 g/mol. The van der Waals surface area contributed by atoms with Gasteiger partial charge >= 0.3 is 11.9 Å². The second-order valence-electron chi connectivity index (χ2n) is 19.0. The maximum atomic E-state index is 14.7. The number of aromatic hydroxyl groups is 5. The van der Waals surface area contributed by atoms with Gasteiger partial charge in [0.25, 0.3) is 0 Å². The summed E-state index contributed by atoms with van der Waals surface area (Å²) < 4.78 is 25.7. The van der Waals surface area contributed by atoms with Crippen molar-refractivity contribution < 1.29 is 68.8 Å². The number of rotatable bonds is 10. The molecule has 3 aromatic carbocycles. The van der Waals surface area contributed by atoms with Crippen molar-refractivity contribution in [2.45, 2.75) is 116 Å². The molecule has 0 saturated carbocycles. The Morgan fingerprint density at radius 2 is 1.53 bits per heavy atom. The van der Waals surface area contributed by atoms with Crippen LogP contribution in [0.15, 0.2) is 98.3 Å². The van der Waals surface area contributed by atoms with Gasteiger partial charge in [-0.2, -0.15) is 0 Å². The Labute approximate surface area is 392 Å². The van der Waals surface area contributed by atoms with Crippen molar-refractivity contribution in [3.8, 4) is 51.6 Å². The van der Waals surface area contributed by atoms with Crippen LogP contribution >= 0.6 is 0 Å². The van der Waals surface area contributed by atoms with Gasteiger partial charge in [0, 0.05) is 40.7 Å². The molecule has 4 aromatic rings. The molecule has 8 rings (SSSR count). The van der Waals surface area contributed by atoms with E-state index in [1.165, 1.54) is 48.9 Å². The SMILES string of the molecule is CC(C)=CCCC1(C)C=Cc2c(O)c3c(c(CC=C(C)C)c2O1)OC12C(=CCCC1C(C)(C)OC2(CC=C(C)C(=O)O)C(=O)O)C3=O.O=c1c(O)c(-c2ccc(O)c(O)c2)oc2cc(O)ccc12. The van der Waals surface area contributed by atoms with E-state index >= 15 is 0 Å². The molecule has 1 aliphatic carbocycles. The number of benzene rings is 3. The second-order valence-corrected chi connectivity index (χ2v) is 19.0. The third kappa shape index (κ3) is 8.29. The van der Waals surface area contributed by atoms with Crippen molar-refractivity contribution in [3.63, 3.8) is 0 Å². The minimum absolute atomic E-state index is 0.0407. The molecule has 15 nitrogen and oxygen atoms in total. The van der Waals surface area contributed by atoms with E-state index in [4.69, 9.17) is 18.6 Å². The predicted octanol–water partition coefficient (Wildman–Crippen LogP) is 9.80. The molecule has 1 fully saturated rings. The standard InChI is InChI=1S/C38H46O9.C15H10O6/c1-21(2)11-10-18-36(8)19-17-24-29(39)28-30(40)26-12-9-13-27-35(6,7)47-37(34(43)44,20-16-23(5)33(41)42)38(26,27)46-32(28)25(31(24)45-36)15-14-22(3)4;16-8-2-3-9-12(6-8)21-15(14(20)13(9)19)7-1-4-10(17)11(18)5-7/h11-12,14,16-17,19,27,39H,9-10,13,15,18,20H2,1-8H3,(H,41,42)(H,43,44);1-6,16-18,20H. The van der Waals surface area contributed by atoms with Gasteiger partial charge in [0.1, 0.15) is 39.7 Å². The fraction of sp³-hybridized carbons (Fsp3) is 0.358. The summed E-state index contributed by atoms with van der Waals surface area (Å²) in [6.07, 6.45) is 13.1. The van der Waals surface area contributed by atoms with Crippen LogP contribution in [0.1, 0.15) is 109 Å². The average Bonchev–Trinajstić information content (AvgIpc) is 3.47. The molecular formula is C53H56O15. The first kappa shape index (κ1) is 48.7. The highest BCUT2D eigenvalue weighted by Gasteiger charge is 2.77. The van der Waals surface area contributed by atoms with E-state index in [0.717, 1.165) is 18.1 Å². The molecule has 1 aromatic heterocycles. The maximum absolute atomic E-state index is 14.7. The Bertz CT molecular complexity index is 2990. The molecule has 4 heterocycles. The van der Waals surface area contributed by atoms with Crippen molar-refractivity contribution in [2.24, 2.45) is 5.92 Å². The van der Waals surface area contributed by atoms with E-state index < -0.39 is 63.0 Å². The number of Topliss-reactive ketones (excluding diaryl/α,β-unsaturated/α-hetero) is 1. The van der Waals surface area contributed by atoms with Gasteiger partial charge in [0.05, 0.1) is 16.6 Å². The maximum Gasteiger partial charge on any atom is 0.340 e. The van der Waals surface area contributed by atoms with E-state index in [-0.39, 0.29) is 68.4 Å². The van der Waals surface area contributed by atoms with Gasteiger partial charge in [-0.15, -0.1) is 0 Å². The number of fused-ring (bicyclic) bond motifs is 3. The van der Waals surface area contributed by atoms with Gasteiger partial charge in [-0.3, -0.25) is 9.59 Å². The van der Waals surface area contributed by atoms with E-state index in [0.29, 0.717) is 42.6 Å². The van der Waals surface area contributed by atoms with Crippen molar-refractivity contribution in [1.82, 2.24) is 0 Å². The van der Waals surface area contributed by atoms with Crippen LogP contribution in [-0.2, 0) is 20.7 Å². The Hall–Kier alpha value is -7.26. The summed E-state index contributed by atoms with van der Waals surface area (Å²) >= 11 is 0. The fourth-order valence-electron chi connectivity index (χ4n) is 9.70. The monoisotopic (exact) mass is 932 g/mol. The number of carboxylic acid groups (broad SMARTS) is 2. The highest BCUT2D eigenvalue weighted by molar-refractivity contribution is 6.17. The number of ether oxygens (including phenoxy) is 3. The number of allylic oxidation sites excluding steroid dienone is 5. The van der Waals surface area contributed by atoms with E-state index in [2.05, 4.69) is 6.08 Å². The fourth-order valence-corrected chi connectivity index (χ4v) is 9.70. The molecule has 4 unspecified atom stereocenters. The zero-order valence-corrected chi connectivity index (χ0v) is 39.1. The lowest BCUT2D eigenvalue weighted by molar-refractivity contribution is -0.184. The summed E-state index contributed by atoms with van der Waals surface area (Å²) in [5.74, 6) is -5.14. The summed E-state index contributed by atoms with van der Waals surface area (Å²) in [6.45, 7) is 14.9. The highest BCUT2D eigenvalue weighted by atomic mass is 16.6. The minimum Gasteiger partial charge on any atom is -0.508 e. The third-order valence-electron chi connectivity index (χ3n) is 13.1. The van der Waals surface area contributed by atoms with Crippen molar-refractivity contribution in [1.29, 1.82) is 0 Å². The van der Waals surface area contributed by atoms with Gasteiger partial charge in [-0.25, -0.2) is 9.59 Å². The molecule has 4 atom stereocenters. The van der Waals surface area contributed by atoms with Gasteiger partial charge in [0.15, 0.2) is 28.6 Å². The van der Waals surface area contributed by atoms with Crippen LogP contribution in [-0.4, -0.2) is 75.9 Å². The first-order valence-electron chi connectivity index (χ1n) is 22.2. The molecular weight excluding hydrogens is 877 g/mol.